The molecule has 0 radical (unpaired) electrons. The summed E-state index contributed by atoms with van der Waals surface area (Å²) in [5.41, 5.74) is -5.22. The summed E-state index contributed by atoms with van der Waals surface area (Å²) < 4.78 is 67.8. The minimum atomic E-state index is -4.95. The molecule has 0 saturated carbocycles. The predicted molar refractivity (Wildman–Crippen MR) is 138 cm³/mol. The summed E-state index contributed by atoms with van der Waals surface area (Å²) in [6, 6.07) is 12.8. The van der Waals surface area contributed by atoms with Crippen molar-refractivity contribution in [3.63, 3.8) is 0 Å². The van der Waals surface area contributed by atoms with Gasteiger partial charge in [0.2, 0.25) is 0 Å². The monoisotopic (exact) mass is 584 g/mol. The number of likely N-dealkylation sites (N-methyl/N-ethyl adjacent to an activating group) is 1. The highest BCUT2D eigenvalue weighted by atomic mass is 19.4. The molecular weight excluding hydrogens is 550 g/mol. The Balaban J connectivity index is 2.63. The van der Waals surface area contributed by atoms with E-state index in [2.05, 4.69) is 4.74 Å². The molecule has 41 heavy (non-hydrogen) atoms. The van der Waals surface area contributed by atoms with E-state index in [9.17, 15) is 32.7 Å². The number of hydrogen-bond acceptors (Lipinski definition) is 7. The number of carboxylic acids is 1. The van der Waals surface area contributed by atoms with Crippen molar-refractivity contribution in [1.29, 1.82) is 0 Å². The largest absolute Gasteiger partial charge is 0.573 e. The van der Waals surface area contributed by atoms with Crippen LogP contribution in [0.25, 0.3) is 0 Å². The molecular formula is C29H34F4NO7-. The molecule has 0 N–H and O–H groups in total. The van der Waals surface area contributed by atoms with E-state index in [0.29, 0.717) is 10.5 Å². The summed E-state index contributed by atoms with van der Waals surface area (Å²) in [6.45, 7) is 6.48. The topological polar surface area (TPSA) is 105 Å². The number of carbonyl (C=O) groups excluding carboxylic acids is 3. The van der Waals surface area contributed by atoms with Gasteiger partial charge in [0.05, 0.1) is 11.9 Å². The molecule has 12 heteroatoms. The van der Waals surface area contributed by atoms with Gasteiger partial charge >= 0.3 is 18.4 Å². The quantitative estimate of drug-likeness (QED) is 0.271. The molecule has 2 aromatic carbocycles. The average Bonchev–Trinajstić information content (AvgIpc) is 2.83. The maximum Gasteiger partial charge on any atom is 0.573 e. The van der Waals surface area contributed by atoms with E-state index in [1.54, 1.807) is 30.3 Å². The van der Waals surface area contributed by atoms with E-state index in [4.69, 9.17) is 9.47 Å². The zero-order valence-electron chi connectivity index (χ0n) is 23.7. The summed E-state index contributed by atoms with van der Waals surface area (Å²) in [7, 11) is 1.05. The van der Waals surface area contributed by atoms with Gasteiger partial charge in [-0.1, -0.05) is 42.5 Å². The van der Waals surface area contributed by atoms with E-state index in [1.165, 1.54) is 32.9 Å². The zero-order valence-corrected chi connectivity index (χ0v) is 23.7. The molecule has 0 heterocycles. The van der Waals surface area contributed by atoms with E-state index in [1.807, 2.05) is 0 Å². The van der Waals surface area contributed by atoms with E-state index < -0.39 is 65.7 Å². The Kier molecular flexibility index (Phi) is 10.4. The van der Waals surface area contributed by atoms with Gasteiger partial charge in [-0.2, -0.15) is 0 Å². The summed E-state index contributed by atoms with van der Waals surface area (Å²) in [6.07, 6.45) is -7.49. The van der Waals surface area contributed by atoms with Crippen LogP contribution in [0.2, 0.25) is 0 Å². The molecule has 0 aliphatic heterocycles. The van der Waals surface area contributed by atoms with Gasteiger partial charge in [-0.25, -0.2) is 9.18 Å². The van der Waals surface area contributed by atoms with Crippen molar-refractivity contribution in [1.82, 2.24) is 4.90 Å². The van der Waals surface area contributed by atoms with Gasteiger partial charge in [-0.3, -0.25) is 9.69 Å². The molecule has 0 aliphatic carbocycles. The van der Waals surface area contributed by atoms with Gasteiger partial charge in [0.1, 0.15) is 29.2 Å². The van der Waals surface area contributed by atoms with Crippen LogP contribution in [0, 0.1) is 5.92 Å². The minimum Gasteiger partial charge on any atom is -0.548 e. The van der Waals surface area contributed by atoms with E-state index >= 15 is 4.39 Å². The second-order valence-electron chi connectivity index (χ2n) is 11.2. The third-order valence-electron chi connectivity index (χ3n) is 5.99. The number of rotatable bonds is 11. The molecule has 0 saturated heterocycles. The Morgan fingerprint density at radius 2 is 1.44 bits per heavy atom. The van der Waals surface area contributed by atoms with Crippen molar-refractivity contribution in [3.8, 4) is 5.75 Å². The lowest BCUT2D eigenvalue weighted by Gasteiger charge is -2.48. The lowest BCUT2D eigenvalue weighted by molar-refractivity contribution is -0.322. The van der Waals surface area contributed by atoms with Gasteiger partial charge in [0.25, 0.3) is 0 Å². The molecule has 226 valence electrons. The fourth-order valence-corrected chi connectivity index (χ4v) is 4.30. The van der Waals surface area contributed by atoms with Crippen LogP contribution in [0.1, 0.15) is 52.2 Å². The standard InChI is InChI=1S/C29H35F4NO7/c1-26(2,3)41-25(38)34(6)28(24(36)37,18-27(4,5)30)22(23(35)39-17-20-10-8-7-9-11-20)16-19-12-14-21(15-13-19)40-29(31,32)33/h7-15,22H,16-18H2,1-6H3,(H,36,37)/p-1/t22?,28-/m1/s1. The van der Waals surface area contributed by atoms with Gasteiger partial charge in [0.15, 0.2) is 0 Å². The van der Waals surface area contributed by atoms with Gasteiger partial charge in [-0.05, 0) is 64.3 Å². The maximum absolute atomic E-state index is 15.3. The van der Waals surface area contributed by atoms with Crippen LogP contribution < -0.4 is 9.84 Å². The zero-order chi connectivity index (χ0) is 31.2. The molecule has 2 atom stereocenters. The number of hydrogen-bond donors (Lipinski definition) is 0. The van der Waals surface area contributed by atoms with Crippen LogP contribution in [0.4, 0.5) is 22.4 Å². The highest BCUT2D eigenvalue weighted by Gasteiger charge is 2.54. The minimum absolute atomic E-state index is 0.182. The third kappa shape index (κ3) is 9.94. The van der Waals surface area contributed by atoms with Crippen LogP contribution in [0.3, 0.4) is 0 Å². The number of alkyl halides is 4. The summed E-state index contributed by atoms with van der Waals surface area (Å²) in [5.74, 6) is -5.38. The molecule has 8 nitrogen and oxygen atoms in total. The van der Waals surface area contributed by atoms with Crippen LogP contribution in [-0.2, 0) is 32.1 Å². The number of halogens is 4. The normalized spacial score (nSPS) is 14.4. The second kappa shape index (κ2) is 12.8. The number of nitrogens with zero attached hydrogens (tertiary/aromatic N) is 1. The molecule has 0 spiro atoms. The Bertz CT molecular complexity index is 1190. The smallest absolute Gasteiger partial charge is 0.548 e. The summed E-state index contributed by atoms with van der Waals surface area (Å²) >= 11 is 0. The number of ether oxygens (including phenoxy) is 3. The first-order valence-corrected chi connectivity index (χ1v) is 12.7. The highest BCUT2D eigenvalue weighted by Crippen LogP contribution is 2.38. The fourth-order valence-electron chi connectivity index (χ4n) is 4.30. The van der Waals surface area contributed by atoms with Crippen LogP contribution in [0.5, 0.6) is 5.75 Å². The number of carboxylic acid groups (broad SMARTS) is 1. The Morgan fingerprint density at radius 3 is 1.90 bits per heavy atom. The molecule has 0 bridgehead atoms. The molecule has 1 amide bonds. The second-order valence-corrected chi connectivity index (χ2v) is 11.2. The molecule has 2 aromatic rings. The van der Waals surface area contributed by atoms with Gasteiger partial charge in [0, 0.05) is 13.5 Å². The molecule has 0 fully saturated rings. The third-order valence-corrected chi connectivity index (χ3v) is 5.99. The Hall–Kier alpha value is -3.83. The average molecular weight is 585 g/mol. The van der Waals surface area contributed by atoms with Crippen molar-refractivity contribution < 1.29 is 51.3 Å². The molecule has 0 aliphatic rings. The van der Waals surface area contributed by atoms with Crippen molar-refractivity contribution in [3.05, 3.63) is 65.7 Å². The highest BCUT2D eigenvalue weighted by molar-refractivity contribution is 5.90. The predicted octanol–water partition coefficient (Wildman–Crippen LogP) is 4.98. The lowest BCUT2D eigenvalue weighted by atomic mass is 9.73. The number of amides is 1. The van der Waals surface area contributed by atoms with Crippen LogP contribution in [-0.4, -0.2) is 53.2 Å². The first kappa shape index (κ1) is 33.4. The first-order valence-electron chi connectivity index (χ1n) is 12.7. The van der Waals surface area contributed by atoms with Crippen LogP contribution in [0.15, 0.2) is 54.6 Å². The number of benzene rings is 2. The van der Waals surface area contributed by atoms with Crippen LogP contribution >= 0.6 is 0 Å². The molecule has 0 aromatic heterocycles. The maximum atomic E-state index is 15.3. The number of esters is 1. The first-order chi connectivity index (χ1) is 18.7. The van der Waals surface area contributed by atoms with Crippen molar-refractivity contribution >= 4 is 18.0 Å². The number of aliphatic carboxylic acids is 1. The molecule has 1 unspecified atom stereocenters. The van der Waals surface area contributed by atoms with Gasteiger partial charge in [-0.15, -0.1) is 13.2 Å². The van der Waals surface area contributed by atoms with Crippen molar-refractivity contribution in [2.45, 2.75) is 77.2 Å². The summed E-state index contributed by atoms with van der Waals surface area (Å²) in [4.78, 5) is 40.4. The van der Waals surface area contributed by atoms with E-state index in [-0.39, 0.29) is 12.2 Å². The lowest BCUT2D eigenvalue weighted by Crippen LogP contribution is -2.68. The molecule has 2 rings (SSSR count). The van der Waals surface area contributed by atoms with Crippen molar-refractivity contribution in [2.75, 3.05) is 7.05 Å². The number of carbonyl (C=O) groups is 3. The Labute approximate surface area is 236 Å². The van der Waals surface area contributed by atoms with Gasteiger partial charge < -0.3 is 24.1 Å². The fraction of sp³-hybridized carbons (Fsp3) is 0.483. The Morgan fingerprint density at radius 1 is 0.878 bits per heavy atom. The van der Waals surface area contributed by atoms with Crippen molar-refractivity contribution in [2.24, 2.45) is 5.92 Å². The summed E-state index contributed by atoms with van der Waals surface area (Å²) in [5, 5.41) is 13.0. The van der Waals surface area contributed by atoms with E-state index in [0.717, 1.165) is 33.0 Å². The SMILES string of the molecule is CN(C(=O)OC(C)(C)C)[C@@](CC(C)(C)F)(C(=O)[O-])C(Cc1ccc(OC(F)(F)F)cc1)C(=O)OCc1ccccc1.